The molecule has 0 aliphatic carbocycles. The number of rotatable bonds is 6. The molecule has 0 radical (unpaired) electrons. The van der Waals surface area contributed by atoms with E-state index in [9.17, 15) is 9.59 Å². The van der Waals surface area contributed by atoms with E-state index in [1.807, 2.05) is 13.8 Å². The number of amides is 2. The minimum atomic E-state index is -0.651. The largest absolute Gasteiger partial charge is 0.397 e. The average Bonchev–Trinajstić information content (AvgIpc) is 2.37. The van der Waals surface area contributed by atoms with Crippen LogP contribution >= 0.6 is 0 Å². The third-order valence-electron chi connectivity index (χ3n) is 2.61. The van der Waals surface area contributed by atoms with E-state index in [-0.39, 0.29) is 17.3 Å². The van der Waals surface area contributed by atoms with E-state index < -0.39 is 11.9 Å². The number of nitrogens with zero attached hydrogens (tertiary/aromatic N) is 1. The van der Waals surface area contributed by atoms with Crippen molar-refractivity contribution in [3.63, 3.8) is 0 Å². The highest BCUT2D eigenvalue weighted by Gasteiger charge is 2.17. The second-order valence-electron chi connectivity index (χ2n) is 5.03. The molecule has 7 heteroatoms. The fourth-order valence-corrected chi connectivity index (χ4v) is 1.51. The fraction of sp³-hybridized carbons (Fsp3) is 0.462. The first kappa shape index (κ1) is 15.7. The van der Waals surface area contributed by atoms with Gasteiger partial charge in [0.25, 0.3) is 5.91 Å². The average molecular weight is 279 g/mol. The summed E-state index contributed by atoms with van der Waals surface area (Å²) in [6.45, 7) is 6.28. The maximum absolute atomic E-state index is 11.9. The van der Waals surface area contributed by atoms with Gasteiger partial charge in [-0.3, -0.25) is 9.59 Å². The summed E-state index contributed by atoms with van der Waals surface area (Å²) < 4.78 is 0. The zero-order valence-corrected chi connectivity index (χ0v) is 11.9. The van der Waals surface area contributed by atoms with Gasteiger partial charge in [-0.25, -0.2) is 4.98 Å². The number of carbonyl (C=O) groups excluding carboxylic acids is 2. The Morgan fingerprint density at radius 2 is 2.00 bits per heavy atom. The second-order valence-corrected chi connectivity index (χ2v) is 5.03. The Bertz CT molecular complexity index is 502. The molecule has 0 fully saturated rings. The van der Waals surface area contributed by atoms with Gasteiger partial charge >= 0.3 is 0 Å². The molecule has 0 bridgehead atoms. The lowest BCUT2D eigenvalue weighted by molar-refractivity contribution is -0.121. The van der Waals surface area contributed by atoms with Gasteiger partial charge in [-0.2, -0.15) is 0 Å². The molecule has 110 valence electrons. The number of nitrogens with one attached hydrogen (secondary N) is 2. The van der Waals surface area contributed by atoms with Crippen LogP contribution in [0.1, 0.15) is 31.1 Å². The molecule has 0 spiro atoms. The maximum atomic E-state index is 11.9. The molecule has 6 N–H and O–H groups in total. The SMILES string of the molecule is CC(C)CNC(=O)C(C)Nc1ncc(N)cc1C(N)=O. The molecule has 0 saturated heterocycles. The highest BCUT2D eigenvalue weighted by atomic mass is 16.2. The lowest BCUT2D eigenvalue weighted by Crippen LogP contribution is -2.39. The highest BCUT2D eigenvalue weighted by Crippen LogP contribution is 2.15. The highest BCUT2D eigenvalue weighted by molar-refractivity contribution is 5.99. The molecule has 1 atom stereocenters. The van der Waals surface area contributed by atoms with Gasteiger partial charge in [-0.1, -0.05) is 13.8 Å². The van der Waals surface area contributed by atoms with Crippen LogP contribution in [0.2, 0.25) is 0 Å². The number of aromatic nitrogens is 1. The molecule has 1 heterocycles. The summed E-state index contributed by atoms with van der Waals surface area (Å²) in [5.74, 6) is -0.212. The third-order valence-corrected chi connectivity index (χ3v) is 2.61. The Labute approximate surface area is 118 Å². The first-order chi connectivity index (χ1) is 9.31. The van der Waals surface area contributed by atoms with Crippen molar-refractivity contribution in [3.8, 4) is 0 Å². The second kappa shape index (κ2) is 6.74. The van der Waals surface area contributed by atoms with Crippen molar-refractivity contribution in [2.75, 3.05) is 17.6 Å². The van der Waals surface area contributed by atoms with Crippen LogP contribution in [0.3, 0.4) is 0 Å². The van der Waals surface area contributed by atoms with Crippen LogP contribution in [0.4, 0.5) is 11.5 Å². The minimum Gasteiger partial charge on any atom is -0.397 e. The van der Waals surface area contributed by atoms with Crippen molar-refractivity contribution in [1.29, 1.82) is 0 Å². The van der Waals surface area contributed by atoms with Crippen molar-refractivity contribution in [1.82, 2.24) is 10.3 Å². The Morgan fingerprint density at radius 3 is 2.55 bits per heavy atom. The van der Waals surface area contributed by atoms with Gasteiger partial charge in [0.1, 0.15) is 11.9 Å². The smallest absolute Gasteiger partial charge is 0.252 e. The normalized spacial score (nSPS) is 12.0. The van der Waals surface area contributed by atoms with Crippen LogP contribution in [0, 0.1) is 5.92 Å². The van der Waals surface area contributed by atoms with E-state index in [0.717, 1.165) is 0 Å². The van der Waals surface area contributed by atoms with Crippen LogP contribution in [-0.4, -0.2) is 29.4 Å². The summed E-state index contributed by atoms with van der Waals surface area (Å²) in [7, 11) is 0. The summed E-state index contributed by atoms with van der Waals surface area (Å²) in [6.07, 6.45) is 1.40. The molecule has 0 aliphatic rings. The Morgan fingerprint density at radius 1 is 1.35 bits per heavy atom. The van der Waals surface area contributed by atoms with Crippen LogP contribution < -0.4 is 22.1 Å². The van der Waals surface area contributed by atoms with Gasteiger partial charge < -0.3 is 22.1 Å². The predicted octanol–water partition coefficient (Wildman–Crippen LogP) is 0.335. The Kier molecular flexibility index (Phi) is 5.31. The molecule has 0 saturated carbocycles. The van der Waals surface area contributed by atoms with Crippen LogP contribution in [0.25, 0.3) is 0 Å². The predicted molar refractivity (Wildman–Crippen MR) is 78.1 cm³/mol. The zero-order valence-electron chi connectivity index (χ0n) is 11.9. The molecule has 1 rings (SSSR count). The number of pyridine rings is 1. The van der Waals surface area contributed by atoms with E-state index in [0.29, 0.717) is 18.2 Å². The van der Waals surface area contributed by atoms with Gasteiger partial charge in [0.05, 0.1) is 17.4 Å². The third kappa shape index (κ3) is 4.42. The number of nitrogen functional groups attached to an aromatic ring is 1. The number of primary amides is 1. The summed E-state index contributed by atoms with van der Waals surface area (Å²) in [6, 6.07) is 0.888. The molecule has 0 aromatic carbocycles. The van der Waals surface area contributed by atoms with E-state index in [4.69, 9.17) is 11.5 Å². The molecule has 7 nitrogen and oxygen atoms in total. The minimum absolute atomic E-state index is 0.161. The molecule has 1 aromatic rings. The Hall–Kier alpha value is -2.31. The van der Waals surface area contributed by atoms with E-state index >= 15 is 0 Å². The first-order valence-corrected chi connectivity index (χ1v) is 6.40. The standard InChI is InChI=1S/C13H21N5O2/c1-7(2)5-17-13(20)8(3)18-12-10(11(15)19)4-9(14)6-16-12/h4,6-8H,5,14H2,1-3H3,(H2,15,19)(H,16,18)(H,17,20). The van der Waals surface area contributed by atoms with Crippen molar-refractivity contribution in [2.45, 2.75) is 26.8 Å². The monoisotopic (exact) mass is 279 g/mol. The molecule has 2 amide bonds. The van der Waals surface area contributed by atoms with E-state index in [1.54, 1.807) is 6.92 Å². The van der Waals surface area contributed by atoms with Gasteiger partial charge in [0, 0.05) is 6.54 Å². The molecule has 20 heavy (non-hydrogen) atoms. The van der Waals surface area contributed by atoms with Crippen molar-refractivity contribution in [3.05, 3.63) is 17.8 Å². The molecule has 1 aromatic heterocycles. The van der Waals surface area contributed by atoms with Crippen molar-refractivity contribution < 1.29 is 9.59 Å². The molecular weight excluding hydrogens is 258 g/mol. The van der Waals surface area contributed by atoms with Crippen molar-refractivity contribution >= 4 is 23.3 Å². The number of carbonyl (C=O) groups is 2. The van der Waals surface area contributed by atoms with Crippen molar-refractivity contribution in [2.24, 2.45) is 11.7 Å². The first-order valence-electron chi connectivity index (χ1n) is 6.40. The maximum Gasteiger partial charge on any atom is 0.252 e. The van der Waals surface area contributed by atoms with Crippen LogP contribution in [0.5, 0.6) is 0 Å². The van der Waals surface area contributed by atoms with Gasteiger partial charge in [-0.05, 0) is 18.9 Å². The quantitative estimate of drug-likeness (QED) is 0.597. The number of anilines is 2. The van der Waals surface area contributed by atoms with Gasteiger partial charge in [0.15, 0.2) is 0 Å². The lowest BCUT2D eigenvalue weighted by Gasteiger charge is -2.17. The van der Waals surface area contributed by atoms with E-state index in [1.165, 1.54) is 12.3 Å². The van der Waals surface area contributed by atoms with Gasteiger partial charge in [-0.15, -0.1) is 0 Å². The summed E-state index contributed by atoms with van der Waals surface area (Å²) >= 11 is 0. The number of hydrogen-bond donors (Lipinski definition) is 4. The summed E-state index contributed by atoms with van der Waals surface area (Å²) in [4.78, 5) is 27.2. The van der Waals surface area contributed by atoms with Gasteiger partial charge in [0.2, 0.25) is 5.91 Å². The van der Waals surface area contributed by atoms with E-state index in [2.05, 4.69) is 15.6 Å². The number of hydrogen-bond acceptors (Lipinski definition) is 5. The summed E-state index contributed by atoms with van der Waals surface area (Å²) in [5, 5.41) is 5.66. The van der Waals surface area contributed by atoms with Crippen LogP contribution in [0.15, 0.2) is 12.3 Å². The Balaban J connectivity index is 2.77. The fourth-order valence-electron chi connectivity index (χ4n) is 1.51. The zero-order chi connectivity index (χ0) is 15.3. The summed E-state index contributed by atoms with van der Waals surface area (Å²) in [5.41, 5.74) is 11.3. The molecule has 1 unspecified atom stereocenters. The molecular formula is C13H21N5O2. The molecule has 0 aliphatic heterocycles. The van der Waals surface area contributed by atoms with Crippen LogP contribution in [-0.2, 0) is 4.79 Å². The number of nitrogens with two attached hydrogens (primary N) is 2. The lowest BCUT2D eigenvalue weighted by atomic mass is 10.2. The topological polar surface area (TPSA) is 123 Å².